The molecule has 0 aliphatic rings. The van der Waals surface area contributed by atoms with Gasteiger partial charge in [-0.3, -0.25) is 0 Å². The van der Waals surface area contributed by atoms with Crippen LogP contribution in [-0.4, -0.2) is 23.7 Å². The quantitative estimate of drug-likeness (QED) is 0.153. The van der Waals surface area contributed by atoms with E-state index in [1.807, 2.05) is 12.1 Å². The molecule has 0 atom stereocenters. The van der Waals surface area contributed by atoms with Gasteiger partial charge in [0.1, 0.15) is 16.8 Å². The number of aromatic nitrogens is 5. The molecular formula is C65H43N5O. The summed E-state index contributed by atoms with van der Waals surface area (Å²) < 4.78 is 13.9. The van der Waals surface area contributed by atoms with Crippen molar-refractivity contribution in [2.45, 2.75) is 6.92 Å². The normalized spacial score (nSPS) is 12.0. The lowest BCUT2D eigenvalue weighted by molar-refractivity contribution is 0.667. The Bertz CT molecular complexity index is 4470. The van der Waals surface area contributed by atoms with Crippen LogP contribution in [0, 0.1) is 0 Å². The van der Waals surface area contributed by atoms with E-state index in [1.165, 1.54) is 21.7 Å². The zero-order chi connectivity index (χ0) is 47.2. The molecule has 0 N–H and O–H groups in total. The molecule has 0 saturated carbocycles. The van der Waals surface area contributed by atoms with E-state index in [0.717, 1.165) is 106 Å². The molecule has 0 unspecified atom stereocenters. The summed E-state index contributed by atoms with van der Waals surface area (Å²) in [5.41, 5.74) is 18.0. The topological polar surface area (TPSA) is 53.7 Å². The van der Waals surface area contributed by atoms with Crippen molar-refractivity contribution in [2.75, 3.05) is 0 Å². The number of allylic oxidation sites excluding steroid dienone is 1. The fourth-order valence-corrected chi connectivity index (χ4v) is 11.0. The van der Waals surface area contributed by atoms with Crippen LogP contribution in [0.3, 0.4) is 0 Å². The van der Waals surface area contributed by atoms with Gasteiger partial charge in [0.2, 0.25) is 0 Å². The molecule has 0 spiro atoms. The number of benzene rings is 9. The van der Waals surface area contributed by atoms with Gasteiger partial charge < -0.3 is 18.1 Å². The molecule has 334 valence electrons. The molecule has 0 bridgehead atoms. The molecule has 6 heteroatoms. The van der Waals surface area contributed by atoms with Gasteiger partial charge in [-0.1, -0.05) is 128 Å². The summed E-state index contributed by atoms with van der Waals surface area (Å²) in [5, 5.41) is 6.72. The molecule has 71 heavy (non-hydrogen) atoms. The highest BCUT2D eigenvalue weighted by atomic mass is 16.3. The first kappa shape index (κ1) is 40.5. The summed E-state index contributed by atoms with van der Waals surface area (Å²) in [4.78, 5) is 11.0. The predicted molar refractivity (Wildman–Crippen MR) is 296 cm³/mol. The number of fused-ring (bicyclic) bond motifs is 10. The molecular weight excluding hydrogens is 867 g/mol. The van der Waals surface area contributed by atoms with Crippen molar-refractivity contribution in [3.05, 3.63) is 236 Å². The maximum Gasteiger partial charge on any atom is 0.180 e. The number of furan rings is 1. The van der Waals surface area contributed by atoms with Gasteiger partial charge in [0, 0.05) is 66.1 Å². The average Bonchev–Trinajstić information content (AvgIpc) is 4.17. The van der Waals surface area contributed by atoms with E-state index in [0.29, 0.717) is 11.4 Å². The Hall–Kier alpha value is -9.52. The van der Waals surface area contributed by atoms with Crippen LogP contribution in [0.4, 0.5) is 0 Å². The second kappa shape index (κ2) is 16.0. The first-order valence-corrected chi connectivity index (χ1v) is 24.1. The number of hydrogen-bond donors (Lipinski definition) is 0. The fraction of sp³-hybridized carbons (Fsp3) is 0.0154. The lowest BCUT2D eigenvalue weighted by Crippen LogP contribution is -1.96. The highest BCUT2D eigenvalue weighted by molar-refractivity contribution is 6.13. The molecule has 0 amide bonds. The van der Waals surface area contributed by atoms with Gasteiger partial charge in [0.25, 0.3) is 0 Å². The molecule has 0 saturated heterocycles. The Morgan fingerprint density at radius 2 is 0.887 bits per heavy atom. The smallest absolute Gasteiger partial charge is 0.180 e. The predicted octanol–water partition coefficient (Wildman–Crippen LogP) is 17.2. The third-order valence-electron chi connectivity index (χ3n) is 14.1. The molecule has 5 heterocycles. The van der Waals surface area contributed by atoms with Crippen LogP contribution in [0.25, 0.3) is 140 Å². The third-order valence-corrected chi connectivity index (χ3v) is 14.1. The van der Waals surface area contributed by atoms with Crippen LogP contribution in [0.15, 0.2) is 229 Å². The van der Waals surface area contributed by atoms with Crippen molar-refractivity contribution in [3.8, 4) is 50.8 Å². The van der Waals surface area contributed by atoms with Crippen LogP contribution in [-0.2, 0) is 0 Å². The van der Waals surface area contributed by atoms with E-state index >= 15 is 0 Å². The van der Waals surface area contributed by atoms with E-state index < -0.39 is 0 Å². The molecule has 0 aliphatic carbocycles. The van der Waals surface area contributed by atoms with Gasteiger partial charge in [0.15, 0.2) is 11.4 Å². The van der Waals surface area contributed by atoms with Gasteiger partial charge in [-0.25, -0.2) is 9.97 Å². The van der Waals surface area contributed by atoms with E-state index in [-0.39, 0.29) is 0 Å². The minimum absolute atomic E-state index is 0.622. The maximum atomic E-state index is 6.92. The zero-order valence-electron chi connectivity index (χ0n) is 38.8. The van der Waals surface area contributed by atoms with Gasteiger partial charge in [-0.15, -0.1) is 0 Å². The number of nitrogens with zero attached hydrogens (tertiary/aromatic N) is 5. The van der Waals surface area contributed by atoms with Crippen molar-refractivity contribution in [1.82, 2.24) is 23.7 Å². The Labute approximate surface area is 408 Å². The van der Waals surface area contributed by atoms with Gasteiger partial charge in [-0.2, -0.15) is 0 Å². The zero-order valence-corrected chi connectivity index (χ0v) is 38.8. The largest absolute Gasteiger partial charge is 0.452 e. The molecule has 0 fully saturated rings. The SMILES string of the molecule is C=Cc1c(/C=C\C)c2cc(-c3nc(-c4ccc5c(c4)c4ccccc4n5-c4ccccc4)nc4c3oc3ccc(-c5ccc6c(c5)c5ccccc5n6-c5ccccc5)cc34)ccc2n1-c1ccccc1. The number of rotatable bonds is 8. The van der Waals surface area contributed by atoms with Crippen LogP contribution >= 0.6 is 0 Å². The summed E-state index contributed by atoms with van der Waals surface area (Å²) in [6.45, 7) is 6.34. The fourth-order valence-electron chi connectivity index (χ4n) is 11.0. The van der Waals surface area contributed by atoms with Crippen LogP contribution in [0.2, 0.25) is 0 Å². The monoisotopic (exact) mass is 909 g/mol. The minimum Gasteiger partial charge on any atom is -0.452 e. The lowest BCUT2D eigenvalue weighted by Gasteiger charge is -2.10. The molecule has 14 rings (SSSR count). The van der Waals surface area contributed by atoms with Gasteiger partial charge in [-0.05, 0) is 127 Å². The molecule has 5 aromatic heterocycles. The molecule has 9 aromatic carbocycles. The van der Waals surface area contributed by atoms with Crippen LogP contribution in [0.1, 0.15) is 18.2 Å². The second-order valence-corrected chi connectivity index (χ2v) is 18.1. The van der Waals surface area contributed by atoms with E-state index in [1.54, 1.807) is 0 Å². The molecule has 6 nitrogen and oxygen atoms in total. The van der Waals surface area contributed by atoms with Crippen molar-refractivity contribution in [2.24, 2.45) is 0 Å². The van der Waals surface area contributed by atoms with Crippen LogP contribution < -0.4 is 0 Å². The van der Waals surface area contributed by atoms with E-state index in [9.17, 15) is 0 Å². The van der Waals surface area contributed by atoms with Gasteiger partial charge in [0.05, 0.1) is 33.3 Å². The van der Waals surface area contributed by atoms with E-state index in [4.69, 9.17) is 14.4 Å². The highest BCUT2D eigenvalue weighted by Crippen LogP contribution is 2.42. The Morgan fingerprint density at radius 1 is 0.423 bits per heavy atom. The highest BCUT2D eigenvalue weighted by Gasteiger charge is 2.23. The summed E-state index contributed by atoms with van der Waals surface area (Å²) in [5.74, 6) is 0.622. The molecule has 0 aliphatic heterocycles. The number of hydrogen-bond acceptors (Lipinski definition) is 3. The standard InChI is InChI=1S/C65H43N5O/c1-3-18-48-52-39-43(30-34-58(52)68(55(48)4-2)45-19-8-5-9-20-45)62-64-63(67-65(66-62)44-31-35-60-53(40-44)50-26-15-17-28-57(50)70(60)47-23-12-7-13-24-47)54-38-42(32-36-61(54)71-64)41-29-33-59-51(37-41)49-25-14-16-27-56(49)69(59)46-21-10-6-11-22-46/h3-40H,2H2,1H3/b18-3-. The first-order chi connectivity index (χ1) is 35.1. The summed E-state index contributed by atoms with van der Waals surface area (Å²) in [6, 6.07) is 75.4. The van der Waals surface area contributed by atoms with Gasteiger partial charge >= 0.3 is 0 Å². The lowest BCUT2D eigenvalue weighted by atomic mass is 10.0. The van der Waals surface area contributed by atoms with E-state index in [2.05, 4.69) is 246 Å². The summed E-state index contributed by atoms with van der Waals surface area (Å²) >= 11 is 0. The second-order valence-electron chi connectivity index (χ2n) is 18.1. The number of para-hydroxylation sites is 5. The Kier molecular flexibility index (Phi) is 9.16. The first-order valence-electron chi connectivity index (χ1n) is 24.1. The molecule has 0 radical (unpaired) electrons. The van der Waals surface area contributed by atoms with Crippen molar-refractivity contribution < 1.29 is 4.42 Å². The Balaban J connectivity index is 1.00. The summed E-state index contributed by atoms with van der Waals surface area (Å²) in [6.07, 6.45) is 6.21. The van der Waals surface area contributed by atoms with Crippen molar-refractivity contribution >= 4 is 88.7 Å². The molecule has 14 aromatic rings. The van der Waals surface area contributed by atoms with Crippen molar-refractivity contribution in [1.29, 1.82) is 0 Å². The maximum absolute atomic E-state index is 6.92. The Morgan fingerprint density at radius 3 is 1.48 bits per heavy atom. The minimum atomic E-state index is 0.622. The van der Waals surface area contributed by atoms with Crippen molar-refractivity contribution in [3.63, 3.8) is 0 Å². The average molecular weight is 910 g/mol. The summed E-state index contributed by atoms with van der Waals surface area (Å²) in [7, 11) is 0. The van der Waals surface area contributed by atoms with Crippen LogP contribution in [0.5, 0.6) is 0 Å². The third kappa shape index (κ3) is 6.28.